The average molecular weight is 525 g/mol. The molecule has 0 amide bonds. The Balaban J connectivity index is 1.47. The average Bonchev–Trinajstić information content (AvgIpc) is 3.52. The molecule has 6 aromatic rings. The number of hydrogen-bond donors (Lipinski definition) is 0. The summed E-state index contributed by atoms with van der Waals surface area (Å²) in [7, 11) is 0. The summed E-state index contributed by atoms with van der Waals surface area (Å²) >= 11 is 0. The van der Waals surface area contributed by atoms with E-state index in [0.717, 1.165) is 12.1 Å². The summed E-state index contributed by atoms with van der Waals surface area (Å²) in [5.74, 6) is 0.237. The summed E-state index contributed by atoms with van der Waals surface area (Å²) in [6, 6.07) is 44.0. The van der Waals surface area contributed by atoms with E-state index in [9.17, 15) is 5.26 Å². The molecule has 2 nitrogen and oxygen atoms in total. The van der Waals surface area contributed by atoms with Gasteiger partial charge in [-0.15, -0.1) is 0 Å². The van der Waals surface area contributed by atoms with Crippen LogP contribution >= 0.6 is 0 Å². The van der Waals surface area contributed by atoms with Gasteiger partial charge in [0.1, 0.15) is 0 Å². The number of nitrogens with zero attached hydrogens (tertiary/aromatic N) is 2. The molecule has 1 heterocycles. The number of benzene rings is 5. The summed E-state index contributed by atoms with van der Waals surface area (Å²) in [6.45, 7) is 2.18. The first-order chi connectivity index (χ1) is 20.2. The normalized spacial score (nSPS) is 19.1. The molecule has 0 radical (unpaired) electrons. The fraction of sp³-hybridized carbons (Fsp3) is 0.103. The van der Waals surface area contributed by atoms with Crippen molar-refractivity contribution in [2.45, 2.75) is 18.8 Å². The molecule has 0 N–H and O–H groups in total. The zero-order valence-electron chi connectivity index (χ0n) is 22.9. The Morgan fingerprint density at radius 2 is 1.49 bits per heavy atom. The SMILES string of the molecule is CC1=CCC([C@]2(c3ccc4c(c3)c3ccccc3n4-c3ccccc3)c3ccccc3-c3cc(C#N)ccc32)C=C1. The second-order valence-electron chi connectivity index (χ2n) is 11.3. The van der Waals surface area contributed by atoms with Crippen molar-refractivity contribution in [3.8, 4) is 22.9 Å². The van der Waals surface area contributed by atoms with Crippen molar-refractivity contribution in [2.24, 2.45) is 5.92 Å². The lowest BCUT2D eigenvalue weighted by Gasteiger charge is -2.40. The Labute approximate surface area is 240 Å². The van der Waals surface area contributed by atoms with Gasteiger partial charge in [0.2, 0.25) is 0 Å². The highest BCUT2D eigenvalue weighted by Gasteiger charge is 2.49. The molecule has 8 rings (SSSR count). The van der Waals surface area contributed by atoms with E-state index >= 15 is 0 Å². The fourth-order valence-electron chi connectivity index (χ4n) is 7.43. The summed E-state index contributed by atoms with van der Waals surface area (Å²) in [5.41, 5.74) is 11.5. The Morgan fingerprint density at radius 3 is 2.32 bits per heavy atom. The van der Waals surface area contributed by atoms with Crippen LogP contribution in [0.15, 0.2) is 139 Å². The van der Waals surface area contributed by atoms with E-state index in [1.165, 1.54) is 55.2 Å². The van der Waals surface area contributed by atoms with Crippen molar-refractivity contribution in [2.75, 3.05) is 0 Å². The maximum Gasteiger partial charge on any atom is 0.0991 e. The first kappa shape index (κ1) is 23.7. The Hall–Kier alpha value is -5.13. The number of rotatable bonds is 3. The third-order valence-corrected chi connectivity index (χ3v) is 9.20. The molecular weight excluding hydrogens is 496 g/mol. The Morgan fingerprint density at radius 1 is 0.732 bits per heavy atom. The third kappa shape index (κ3) is 3.30. The lowest BCUT2D eigenvalue weighted by atomic mass is 9.62. The zero-order chi connectivity index (χ0) is 27.6. The number of aromatic nitrogens is 1. The lowest BCUT2D eigenvalue weighted by Crippen LogP contribution is -2.35. The molecule has 2 atom stereocenters. The lowest BCUT2D eigenvalue weighted by molar-refractivity contribution is 0.456. The highest BCUT2D eigenvalue weighted by molar-refractivity contribution is 6.09. The molecule has 5 aromatic carbocycles. The van der Waals surface area contributed by atoms with Crippen LogP contribution in [-0.4, -0.2) is 4.57 Å². The monoisotopic (exact) mass is 524 g/mol. The van der Waals surface area contributed by atoms with E-state index in [4.69, 9.17) is 0 Å². The molecule has 0 fully saturated rings. The van der Waals surface area contributed by atoms with E-state index < -0.39 is 0 Å². The number of para-hydroxylation sites is 2. The van der Waals surface area contributed by atoms with Crippen LogP contribution in [-0.2, 0) is 5.41 Å². The number of allylic oxidation sites excluding steroid dienone is 4. The van der Waals surface area contributed by atoms with Crippen molar-refractivity contribution in [1.29, 1.82) is 5.26 Å². The van der Waals surface area contributed by atoms with E-state index in [2.05, 4.69) is 145 Å². The van der Waals surface area contributed by atoms with Gasteiger partial charge in [0.05, 0.1) is 28.1 Å². The minimum atomic E-state index is -0.377. The molecule has 0 spiro atoms. The Kier molecular flexibility index (Phi) is 5.18. The third-order valence-electron chi connectivity index (χ3n) is 9.20. The molecule has 2 aliphatic rings. The van der Waals surface area contributed by atoms with Crippen molar-refractivity contribution < 1.29 is 0 Å². The quantitative estimate of drug-likeness (QED) is 0.227. The molecule has 0 aliphatic heterocycles. The van der Waals surface area contributed by atoms with Crippen LogP contribution < -0.4 is 0 Å². The minimum Gasteiger partial charge on any atom is -0.309 e. The molecule has 194 valence electrons. The molecule has 1 unspecified atom stereocenters. The van der Waals surface area contributed by atoms with Crippen LogP contribution in [0.1, 0.15) is 35.6 Å². The van der Waals surface area contributed by atoms with Gasteiger partial charge < -0.3 is 4.57 Å². The van der Waals surface area contributed by atoms with Crippen LogP contribution in [0, 0.1) is 17.2 Å². The summed E-state index contributed by atoms with van der Waals surface area (Å²) in [5, 5.41) is 12.3. The first-order valence-electron chi connectivity index (χ1n) is 14.3. The second kappa shape index (κ2) is 8.95. The van der Waals surface area contributed by atoms with Gasteiger partial charge in [0.25, 0.3) is 0 Å². The number of fused-ring (bicyclic) bond motifs is 6. The van der Waals surface area contributed by atoms with Crippen molar-refractivity contribution in [3.05, 3.63) is 161 Å². The minimum absolute atomic E-state index is 0.237. The van der Waals surface area contributed by atoms with Crippen LogP contribution in [0.25, 0.3) is 38.6 Å². The molecule has 0 saturated carbocycles. The predicted octanol–water partition coefficient (Wildman–Crippen LogP) is 9.49. The van der Waals surface area contributed by atoms with Crippen LogP contribution in [0.5, 0.6) is 0 Å². The molecule has 0 bridgehead atoms. The van der Waals surface area contributed by atoms with E-state index in [1.54, 1.807) is 0 Å². The molecule has 2 aliphatic carbocycles. The maximum absolute atomic E-state index is 9.79. The van der Waals surface area contributed by atoms with Gasteiger partial charge >= 0.3 is 0 Å². The van der Waals surface area contributed by atoms with E-state index in [0.29, 0.717) is 5.56 Å². The standard InChI is InChI=1S/C39H28N2/c1-26-15-18-28(19-16-26)39(35-13-7-5-11-31(35)33-23-27(25-40)17-21-36(33)39)29-20-22-38-34(24-29)32-12-6-8-14-37(32)41(38)30-9-3-2-4-10-30/h2-18,20-24,28H,19H2,1H3/t28?,39-/m0/s1. The van der Waals surface area contributed by atoms with Crippen molar-refractivity contribution >= 4 is 21.8 Å². The maximum atomic E-state index is 9.79. The van der Waals surface area contributed by atoms with Gasteiger partial charge in [-0.1, -0.05) is 96.6 Å². The van der Waals surface area contributed by atoms with Crippen LogP contribution in [0.2, 0.25) is 0 Å². The Bertz CT molecular complexity index is 2100. The second-order valence-corrected chi connectivity index (χ2v) is 11.3. The van der Waals surface area contributed by atoms with Gasteiger partial charge in [0, 0.05) is 16.5 Å². The van der Waals surface area contributed by atoms with Gasteiger partial charge in [-0.05, 0) is 89.5 Å². The van der Waals surface area contributed by atoms with Gasteiger partial charge in [-0.2, -0.15) is 5.26 Å². The van der Waals surface area contributed by atoms with Crippen molar-refractivity contribution in [1.82, 2.24) is 4.57 Å². The van der Waals surface area contributed by atoms with Crippen LogP contribution in [0.3, 0.4) is 0 Å². The molecule has 0 saturated heterocycles. The van der Waals surface area contributed by atoms with E-state index in [-0.39, 0.29) is 11.3 Å². The molecule has 1 aromatic heterocycles. The van der Waals surface area contributed by atoms with E-state index in [1.807, 2.05) is 6.07 Å². The smallest absolute Gasteiger partial charge is 0.0991 e. The molecule has 41 heavy (non-hydrogen) atoms. The molecule has 2 heteroatoms. The first-order valence-corrected chi connectivity index (χ1v) is 14.3. The fourth-order valence-corrected chi connectivity index (χ4v) is 7.43. The zero-order valence-corrected chi connectivity index (χ0v) is 22.9. The van der Waals surface area contributed by atoms with Crippen LogP contribution in [0.4, 0.5) is 0 Å². The number of nitriles is 1. The van der Waals surface area contributed by atoms with Gasteiger partial charge in [0.15, 0.2) is 0 Å². The predicted molar refractivity (Wildman–Crippen MR) is 168 cm³/mol. The summed E-state index contributed by atoms with van der Waals surface area (Å²) in [4.78, 5) is 0. The largest absolute Gasteiger partial charge is 0.309 e. The highest BCUT2D eigenvalue weighted by atomic mass is 15.0. The molecular formula is C39H28N2. The summed E-state index contributed by atoms with van der Waals surface area (Å²) < 4.78 is 2.38. The van der Waals surface area contributed by atoms with Crippen molar-refractivity contribution in [3.63, 3.8) is 0 Å². The topological polar surface area (TPSA) is 28.7 Å². The number of hydrogen-bond acceptors (Lipinski definition) is 1. The summed E-state index contributed by atoms with van der Waals surface area (Å²) in [6.07, 6.45) is 8.02. The highest BCUT2D eigenvalue weighted by Crippen LogP contribution is 2.58. The van der Waals surface area contributed by atoms with Gasteiger partial charge in [-0.25, -0.2) is 0 Å². The van der Waals surface area contributed by atoms with Gasteiger partial charge in [-0.3, -0.25) is 0 Å².